The third kappa shape index (κ3) is 3.26. The molecule has 0 aliphatic carbocycles. The highest BCUT2D eigenvalue weighted by Gasteiger charge is 2.09. The standard InChI is InChI=1S/C9H8Br2ClNO/c10-3-4-13-9(14)7-2-1-6(11)5-8(7)12/h1-2,5H,3-4H2,(H,13,14). The highest BCUT2D eigenvalue weighted by atomic mass is 79.9. The van der Waals surface area contributed by atoms with Gasteiger partial charge in [-0.05, 0) is 18.2 Å². The lowest BCUT2D eigenvalue weighted by atomic mass is 10.2. The van der Waals surface area contributed by atoms with Gasteiger partial charge >= 0.3 is 0 Å². The summed E-state index contributed by atoms with van der Waals surface area (Å²) >= 11 is 12.4. The number of carbonyl (C=O) groups is 1. The summed E-state index contributed by atoms with van der Waals surface area (Å²) in [5.41, 5.74) is 0.496. The lowest BCUT2D eigenvalue weighted by Gasteiger charge is -2.05. The minimum Gasteiger partial charge on any atom is -0.351 e. The fourth-order valence-corrected chi connectivity index (χ4v) is 1.89. The number of hydrogen-bond acceptors (Lipinski definition) is 1. The number of halogens is 3. The third-order valence-corrected chi connectivity index (χ3v) is 2.76. The maximum atomic E-state index is 11.5. The maximum Gasteiger partial charge on any atom is 0.252 e. The Bertz CT molecular complexity index is 344. The fraction of sp³-hybridized carbons (Fsp3) is 0.222. The van der Waals surface area contributed by atoms with E-state index in [2.05, 4.69) is 37.2 Å². The Morgan fingerprint density at radius 1 is 1.50 bits per heavy atom. The predicted octanol–water partition coefficient (Wildman–Crippen LogP) is 3.23. The van der Waals surface area contributed by atoms with E-state index in [-0.39, 0.29) is 5.91 Å². The molecule has 0 saturated heterocycles. The van der Waals surface area contributed by atoms with Crippen molar-refractivity contribution in [1.29, 1.82) is 0 Å². The molecule has 14 heavy (non-hydrogen) atoms. The summed E-state index contributed by atoms with van der Waals surface area (Å²) in [7, 11) is 0. The summed E-state index contributed by atoms with van der Waals surface area (Å²) in [6.07, 6.45) is 0. The number of alkyl halides is 1. The first-order valence-corrected chi connectivity index (χ1v) is 6.23. The van der Waals surface area contributed by atoms with Gasteiger partial charge in [0.15, 0.2) is 0 Å². The maximum absolute atomic E-state index is 11.5. The first kappa shape index (κ1) is 12.0. The van der Waals surface area contributed by atoms with Gasteiger partial charge in [0, 0.05) is 16.3 Å². The van der Waals surface area contributed by atoms with Crippen LogP contribution < -0.4 is 5.32 Å². The van der Waals surface area contributed by atoms with E-state index in [1.807, 2.05) is 0 Å². The Morgan fingerprint density at radius 3 is 2.79 bits per heavy atom. The van der Waals surface area contributed by atoms with Gasteiger partial charge in [-0.15, -0.1) is 0 Å². The summed E-state index contributed by atoms with van der Waals surface area (Å²) in [5, 5.41) is 3.90. The summed E-state index contributed by atoms with van der Waals surface area (Å²) in [5.74, 6) is -0.151. The van der Waals surface area contributed by atoms with Crippen LogP contribution in [0.1, 0.15) is 10.4 Å². The molecule has 1 aromatic rings. The fourth-order valence-electron chi connectivity index (χ4n) is 0.930. The van der Waals surface area contributed by atoms with Gasteiger partial charge < -0.3 is 5.32 Å². The molecule has 5 heteroatoms. The lowest BCUT2D eigenvalue weighted by molar-refractivity contribution is 0.0956. The van der Waals surface area contributed by atoms with Gasteiger partial charge in [-0.25, -0.2) is 0 Å². The molecule has 76 valence electrons. The Labute approximate surface area is 104 Å². The van der Waals surface area contributed by atoms with Crippen molar-refractivity contribution in [2.24, 2.45) is 0 Å². The van der Waals surface area contributed by atoms with Crippen LogP contribution in [-0.2, 0) is 0 Å². The number of amides is 1. The number of nitrogens with one attached hydrogen (secondary N) is 1. The first-order chi connectivity index (χ1) is 6.65. The highest BCUT2D eigenvalue weighted by molar-refractivity contribution is 9.10. The topological polar surface area (TPSA) is 29.1 Å². The van der Waals surface area contributed by atoms with Gasteiger partial charge in [-0.3, -0.25) is 4.79 Å². The zero-order valence-electron chi connectivity index (χ0n) is 7.19. The number of carbonyl (C=O) groups excluding carboxylic acids is 1. The van der Waals surface area contributed by atoms with Crippen LogP contribution >= 0.6 is 43.5 Å². The van der Waals surface area contributed by atoms with Crippen LogP contribution in [0.4, 0.5) is 0 Å². The Hall–Kier alpha value is -0.0600. The summed E-state index contributed by atoms with van der Waals surface area (Å²) < 4.78 is 0.861. The molecule has 1 rings (SSSR count). The minimum absolute atomic E-state index is 0.151. The minimum atomic E-state index is -0.151. The molecule has 0 heterocycles. The first-order valence-electron chi connectivity index (χ1n) is 3.94. The highest BCUT2D eigenvalue weighted by Crippen LogP contribution is 2.21. The van der Waals surface area contributed by atoms with E-state index >= 15 is 0 Å². The largest absolute Gasteiger partial charge is 0.351 e. The number of hydrogen-bond donors (Lipinski definition) is 1. The number of benzene rings is 1. The van der Waals surface area contributed by atoms with E-state index in [1.165, 1.54) is 0 Å². The van der Waals surface area contributed by atoms with Crippen molar-refractivity contribution in [3.63, 3.8) is 0 Å². The van der Waals surface area contributed by atoms with Crippen LogP contribution in [0.3, 0.4) is 0 Å². The van der Waals surface area contributed by atoms with E-state index in [1.54, 1.807) is 18.2 Å². The van der Waals surface area contributed by atoms with Gasteiger partial charge in [0.1, 0.15) is 0 Å². The van der Waals surface area contributed by atoms with Crippen molar-refractivity contribution < 1.29 is 4.79 Å². The zero-order valence-corrected chi connectivity index (χ0v) is 11.1. The second kappa shape index (κ2) is 5.73. The molecule has 0 saturated carbocycles. The summed E-state index contributed by atoms with van der Waals surface area (Å²) in [6.45, 7) is 0.589. The normalized spacial score (nSPS) is 9.93. The predicted molar refractivity (Wildman–Crippen MR) is 65.3 cm³/mol. The molecule has 0 radical (unpaired) electrons. The van der Waals surface area contributed by atoms with Crippen molar-refractivity contribution in [1.82, 2.24) is 5.32 Å². The van der Waals surface area contributed by atoms with Crippen LogP contribution in [0.25, 0.3) is 0 Å². The van der Waals surface area contributed by atoms with Crippen LogP contribution in [0.2, 0.25) is 5.02 Å². The van der Waals surface area contributed by atoms with E-state index in [4.69, 9.17) is 11.6 Å². The van der Waals surface area contributed by atoms with Crippen LogP contribution in [0.5, 0.6) is 0 Å². The van der Waals surface area contributed by atoms with Gasteiger partial charge in [0.25, 0.3) is 5.91 Å². The summed E-state index contributed by atoms with van der Waals surface area (Å²) in [4.78, 5) is 11.5. The van der Waals surface area contributed by atoms with Gasteiger partial charge in [0.2, 0.25) is 0 Å². The quantitative estimate of drug-likeness (QED) is 0.841. The molecular weight excluding hydrogens is 333 g/mol. The molecule has 0 aliphatic rings. The second-order valence-corrected chi connectivity index (χ2v) is 4.68. The van der Waals surface area contributed by atoms with Gasteiger partial charge in [-0.1, -0.05) is 43.5 Å². The number of rotatable bonds is 3. The average molecular weight is 341 g/mol. The van der Waals surface area contributed by atoms with Crippen LogP contribution in [0.15, 0.2) is 22.7 Å². The molecule has 0 aromatic heterocycles. The molecule has 0 aliphatic heterocycles. The third-order valence-electron chi connectivity index (χ3n) is 1.56. The van der Waals surface area contributed by atoms with Crippen molar-refractivity contribution in [3.05, 3.63) is 33.3 Å². The summed E-state index contributed by atoms with van der Waals surface area (Å²) in [6, 6.07) is 5.18. The zero-order chi connectivity index (χ0) is 10.6. The van der Waals surface area contributed by atoms with Gasteiger partial charge in [-0.2, -0.15) is 0 Å². The molecule has 2 nitrogen and oxygen atoms in total. The second-order valence-electron chi connectivity index (χ2n) is 2.57. The average Bonchev–Trinajstić information content (AvgIpc) is 2.14. The van der Waals surface area contributed by atoms with Crippen LogP contribution in [-0.4, -0.2) is 17.8 Å². The van der Waals surface area contributed by atoms with Crippen molar-refractivity contribution in [2.45, 2.75) is 0 Å². The molecule has 1 amide bonds. The molecule has 0 bridgehead atoms. The van der Waals surface area contributed by atoms with Gasteiger partial charge in [0.05, 0.1) is 10.6 Å². The molecular formula is C9H8Br2ClNO. The van der Waals surface area contributed by atoms with E-state index < -0.39 is 0 Å². The van der Waals surface area contributed by atoms with Crippen molar-refractivity contribution in [3.8, 4) is 0 Å². The molecule has 0 atom stereocenters. The van der Waals surface area contributed by atoms with Crippen LogP contribution in [0, 0.1) is 0 Å². The Balaban J connectivity index is 2.80. The van der Waals surface area contributed by atoms with Crippen molar-refractivity contribution in [2.75, 3.05) is 11.9 Å². The SMILES string of the molecule is O=C(NCCBr)c1ccc(Br)cc1Cl. The molecule has 0 unspecified atom stereocenters. The van der Waals surface area contributed by atoms with Crippen molar-refractivity contribution >= 4 is 49.4 Å². The van der Waals surface area contributed by atoms with E-state index in [0.717, 1.165) is 9.80 Å². The molecule has 1 aromatic carbocycles. The Morgan fingerprint density at radius 2 is 2.21 bits per heavy atom. The van der Waals surface area contributed by atoms with E-state index in [9.17, 15) is 4.79 Å². The molecule has 1 N–H and O–H groups in total. The monoisotopic (exact) mass is 339 g/mol. The Kier molecular flexibility index (Phi) is 4.92. The smallest absolute Gasteiger partial charge is 0.252 e. The molecule has 0 fully saturated rings. The van der Waals surface area contributed by atoms with E-state index in [0.29, 0.717) is 17.1 Å². The lowest BCUT2D eigenvalue weighted by Crippen LogP contribution is -2.25. The molecule has 0 spiro atoms.